The van der Waals surface area contributed by atoms with Crippen LogP contribution < -0.4 is 20.2 Å². The number of carboxylic acid groups (broad SMARTS) is 1. The molecule has 1 aliphatic heterocycles. The third-order valence-electron chi connectivity index (χ3n) is 7.61. The molecule has 1 unspecified atom stereocenters. The molecule has 1 amide bonds. The van der Waals surface area contributed by atoms with E-state index in [0.717, 1.165) is 22.6 Å². The van der Waals surface area contributed by atoms with Crippen LogP contribution in [0.3, 0.4) is 0 Å². The van der Waals surface area contributed by atoms with E-state index < -0.39 is 23.7 Å². The Bertz CT molecular complexity index is 2140. The second-order valence-electron chi connectivity index (χ2n) is 10.5. The van der Waals surface area contributed by atoms with Crippen molar-refractivity contribution in [3.63, 3.8) is 0 Å². The number of allylic oxidation sites excluding steroid dienone is 1. The highest BCUT2D eigenvalue weighted by molar-refractivity contribution is 7.07. The normalized spacial score (nSPS) is 14.7. The van der Waals surface area contributed by atoms with Gasteiger partial charge < -0.3 is 15.0 Å². The van der Waals surface area contributed by atoms with Crippen molar-refractivity contribution >= 4 is 35.0 Å². The first-order chi connectivity index (χ1) is 21.1. The van der Waals surface area contributed by atoms with Crippen molar-refractivity contribution < 1.29 is 19.1 Å². The van der Waals surface area contributed by atoms with E-state index in [0.29, 0.717) is 31.9 Å². The zero-order chi connectivity index (χ0) is 31.1. The van der Waals surface area contributed by atoms with Gasteiger partial charge >= 0.3 is 5.97 Å². The number of benzene rings is 3. The fraction of sp³-hybridized carbons (Fsp3) is 0.118. The molecule has 10 heteroatoms. The lowest BCUT2D eigenvalue weighted by Gasteiger charge is -2.25. The number of nitrogens with one attached hydrogen (secondary N) is 1. The van der Waals surface area contributed by atoms with Crippen molar-refractivity contribution in [2.24, 2.45) is 4.99 Å². The molecule has 8 nitrogen and oxygen atoms in total. The van der Waals surface area contributed by atoms with Crippen molar-refractivity contribution in [2.75, 3.05) is 5.32 Å². The van der Waals surface area contributed by atoms with Crippen molar-refractivity contribution in [3.8, 4) is 5.69 Å². The largest absolute Gasteiger partial charge is 0.478 e. The summed E-state index contributed by atoms with van der Waals surface area (Å²) in [5.41, 5.74) is 5.19. The van der Waals surface area contributed by atoms with Gasteiger partial charge in [0.1, 0.15) is 5.82 Å². The van der Waals surface area contributed by atoms with Gasteiger partial charge in [-0.25, -0.2) is 14.2 Å². The molecule has 1 aliphatic rings. The molecule has 0 radical (unpaired) electrons. The number of halogens is 1. The van der Waals surface area contributed by atoms with Gasteiger partial charge in [0.25, 0.3) is 11.5 Å². The molecule has 6 rings (SSSR count). The number of para-hydroxylation sites is 1. The molecule has 0 saturated heterocycles. The average Bonchev–Trinajstić information content (AvgIpc) is 3.46. The summed E-state index contributed by atoms with van der Waals surface area (Å²) in [6.45, 7) is 5.60. The molecule has 220 valence electrons. The minimum atomic E-state index is -0.997. The van der Waals surface area contributed by atoms with Crippen LogP contribution in [0.15, 0.2) is 106 Å². The molecular weight excluding hydrogens is 579 g/mol. The molecule has 0 fully saturated rings. The van der Waals surface area contributed by atoms with Crippen LogP contribution >= 0.6 is 11.3 Å². The van der Waals surface area contributed by atoms with Crippen LogP contribution in [0, 0.1) is 19.7 Å². The molecule has 2 N–H and O–H groups in total. The van der Waals surface area contributed by atoms with Crippen LogP contribution in [0.4, 0.5) is 10.1 Å². The SMILES string of the molecule is CC1=C(C(=O)Nc2ccccc2)C(c2ccc(F)cc2)n2c(sc(=Cc3cc(C)n(-c4ccc(C(=O)O)cc4)c3C)c2=O)=N1. The first kappa shape index (κ1) is 28.8. The number of carboxylic acids is 1. The Labute approximate surface area is 255 Å². The van der Waals surface area contributed by atoms with Crippen LogP contribution in [0.5, 0.6) is 0 Å². The maximum absolute atomic E-state index is 14.1. The predicted octanol–water partition coefficient (Wildman–Crippen LogP) is 5.12. The summed E-state index contributed by atoms with van der Waals surface area (Å²) in [6.07, 6.45) is 1.80. The van der Waals surface area contributed by atoms with Crippen LogP contribution in [0.25, 0.3) is 11.8 Å². The molecule has 3 heterocycles. The zero-order valence-electron chi connectivity index (χ0n) is 24.0. The quantitative estimate of drug-likeness (QED) is 0.280. The Morgan fingerprint density at radius 1 is 0.977 bits per heavy atom. The monoisotopic (exact) mass is 606 g/mol. The van der Waals surface area contributed by atoms with E-state index in [4.69, 9.17) is 0 Å². The Morgan fingerprint density at radius 2 is 1.66 bits per heavy atom. The number of aromatic carboxylic acids is 1. The van der Waals surface area contributed by atoms with Gasteiger partial charge in [0.15, 0.2) is 4.80 Å². The van der Waals surface area contributed by atoms with Crippen molar-refractivity contribution in [3.05, 3.63) is 150 Å². The summed E-state index contributed by atoms with van der Waals surface area (Å²) in [5.74, 6) is -1.83. The smallest absolute Gasteiger partial charge is 0.335 e. The second-order valence-corrected chi connectivity index (χ2v) is 11.5. The van der Waals surface area contributed by atoms with E-state index in [-0.39, 0.29) is 11.1 Å². The Morgan fingerprint density at radius 3 is 2.32 bits per heavy atom. The maximum Gasteiger partial charge on any atom is 0.335 e. The van der Waals surface area contributed by atoms with E-state index in [1.54, 1.807) is 61.5 Å². The lowest BCUT2D eigenvalue weighted by molar-refractivity contribution is -0.113. The number of aryl methyl sites for hydroxylation is 1. The molecule has 0 spiro atoms. The van der Waals surface area contributed by atoms with Crippen molar-refractivity contribution in [1.29, 1.82) is 0 Å². The average molecular weight is 607 g/mol. The number of nitrogens with zero attached hydrogens (tertiary/aromatic N) is 3. The van der Waals surface area contributed by atoms with Gasteiger partial charge in [-0.05, 0) is 92.6 Å². The molecule has 0 saturated carbocycles. The molecule has 0 aliphatic carbocycles. The van der Waals surface area contributed by atoms with Gasteiger partial charge in [-0.2, -0.15) is 0 Å². The highest BCUT2D eigenvalue weighted by atomic mass is 32.1. The van der Waals surface area contributed by atoms with Crippen molar-refractivity contribution in [1.82, 2.24) is 9.13 Å². The molecule has 5 aromatic rings. The molecule has 0 bridgehead atoms. The van der Waals surface area contributed by atoms with Crippen molar-refractivity contribution in [2.45, 2.75) is 26.8 Å². The van der Waals surface area contributed by atoms with Gasteiger partial charge in [0, 0.05) is 22.8 Å². The number of carbonyl (C=O) groups excluding carboxylic acids is 1. The number of hydrogen-bond acceptors (Lipinski definition) is 5. The van der Waals surface area contributed by atoms with Gasteiger partial charge in [-0.1, -0.05) is 41.7 Å². The van der Waals surface area contributed by atoms with E-state index in [2.05, 4.69) is 10.3 Å². The molecule has 3 aromatic carbocycles. The molecular formula is C34H27FN4O4S. The first-order valence-corrected chi connectivity index (χ1v) is 14.6. The standard InChI is InChI=1S/C34H27FN4O4S/c1-19-17-24(21(3)38(19)27-15-11-23(12-16-27)33(42)43)18-28-32(41)39-30(22-9-13-25(35)14-10-22)29(20(2)36-34(39)44-28)31(40)37-26-7-5-4-6-8-26/h4-18,30H,1-3H3,(H,37,40)(H,42,43). The number of thiazole rings is 1. The van der Waals surface area contributed by atoms with E-state index in [9.17, 15) is 23.9 Å². The van der Waals surface area contributed by atoms with E-state index in [1.165, 1.54) is 28.0 Å². The summed E-state index contributed by atoms with van der Waals surface area (Å²) >= 11 is 1.22. The Balaban J connectivity index is 1.46. The zero-order valence-corrected chi connectivity index (χ0v) is 24.9. The Kier molecular flexibility index (Phi) is 7.44. The number of carbonyl (C=O) groups is 2. The fourth-order valence-electron chi connectivity index (χ4n) is 5.52. The topological polar surface area (TPSA) is 106 Å². The minimum absolute atomic E-state index is 0.195. The van der Waals surface area contributed by atoms with Crippen LogP contribution in [-0.4, -0.2) is 26.1 Å². The van der Waals surface area contributed by atoms with Crippen LogP contribution in [0.1, 0.15) is 45.8 Å². The molecule has 44 heavy (non-hydrogen) atoms. The number of aromatic nitrogens is 2. The van der Waals surface area contributed by atoms with Gasteiger partial charge in [-0.3, -0.25) is 14.2 Å². The number of amides is 1. The van der Waals surface area contributed by atoms with E-state index in [1.807, 2.05) is 42.7 Å². The summed E-state index contributed by atoms with van der Waals surface area (Å²) < 4.78 is 17.9. The summed E-state index contributed by atoms with van der Waals surface area (Å²) in [4.78, 5) is 44.1. The maximum atomic E-state index is 14.1. The molecule has 2 aromatic heterocycles. The lowest BCUT2D eigenvalue weighted by Crippen LogP contribution is -2.40. The minimum Gasteiger partial charge on any atom is -0.478 e. The molecule has 1 atom stereocenters. The highest BCUT2D eigenvalue weighted by Crippen LogP contribution is 2.31. The highest BCUT2D eigenvalue weighted by Gasteiger charge is 2.32. The third-order valence-corrected chi connectivity index (χ3v) is 8.60. The van der Waals surface area contributed by atoms with Crippen LogP contribution in [0.2, 0.25) is 0 Å². The fourth-order valence-corrected chi connectivity index (χ4v) is 6.56. The number of anilines is 1. The van der Waals surface area contributed by atoms with E-state index >= 15 is 0 Å². The second kappa shape index (κ2) is 11.4. The van der Waals surface area contributed by atoms with Gasteiger partial charge in [0.2, 0.25) is 0 Å². The number of hydrogen-bond donors (Lipinski definition) is 2. The summed E-state index contributed by atoms with van der Waals surface area (Å²) in [7, 11) is 0. The van der Waals surface area contributed by atoms with Gasteiger partial charge in [-0.15, -0.1) is 0 Å². The van der Waals surface area contributed by atoms with Crippen LogP contribution in [-0.2, 0) is 4.79 Å². The lowest BCUT2D eigenvalue weighted by atomic mass is 9.95. The Hall–Kier alpha value is -5.35. The summed E-state index contributed by atoms with van der Waals surface area (Å²) in [5, 5.41) is 12.2. The first-order valence-electron chi connectivity index (χ1n) is 13.8. The third kappa shape index (κ3) is 5.20. The predicted molar refractivity (Wildman–Crippen MR) is 167 cm³/mol. The van der Waals surface area contributed by atoms with Gasteiger partial charge in [0.05, 0.1) is 27.4 Å². The number of fused-ring (bicyclic) bond motifs is 1. The summed E-state index contributed by atoms with van der Waals surface area (Å²) in [6, 6.07) is 22.5. The number of rotatable bonds is 6.